The summed E-state index contributed by atoms with van der Waals surface area (Å²) in [6, 6.07) is 14.1. The van der Waals surface area contributed by atoms with E-state index in [2.05, 4.69) is 23.2 Å². The van der Waals surface area contributed by atoms with Crippen molar-refractivity contribution < 1.29 is 4.79 Å². The lowest BCUT2D eigenvalue weighted by molar-refractivity contribution is 0.101. The second kappa shape index (κ2) is 6.42. The van der Waals surface area contributed by atoms with Crippen LogP contribution >= 0.6 is 11.6 Å². The van der Waals surface area contributed by atoms with E-state index in [0.717, 1.165) is 28.2 Å². The van der Waals surface area contributed by atoms with E-state index in [9.17, 15) is 4.79 Å². The summed E-state index contributed by atoms with van der Waals surface area (Å²) in [5.74, 6) is 0.585. The molecule has 140 valence electrons. The summed E-state index contributed by atoms with van der Waals surface area (Å²) < 4.78 is 2.01. The fraction of sp³-hybridized carbons (Fsp3) is 0.261. The first-order chi connectivity index (χ1) is 13.5. The number of carbonyl (C=O) groups is 1. The monoisotopic (exact) mass is 389 g/mol. The van der Waals surface area contributed by atoms with Gasteiger partial charge >= 0.3 is 0 Å². The van der Waals surface area contributed by atoms with Crippen LogP contribution in [-0.4, -0.2) is 21.0 Å². The number of halogens is 1. The molecule has 1 atom stereocenters. The van der Waals surface area contributed by atoms with Gasteiger partial charge in [0.15, 0.2) is 5.78 Å². The Morgan fingerprint density at radius 3 is 2.64 bits per heavy atom. The van der Waals surface area contributed by atoms with Crippen LogP contribution in [0.4, 0.5) is 0 Å². The van der Waals surface area contributed by atoms with Gasteiger partial charge in [0.1, 0.15) is 12.0 Å². The third-order valence-corrected chi connectivity index (χ3v) is 5.90. The van der Waals surface area contributed by atoms with Gasteiger partial charge in [0.05, 0.1) is 23.1 Å². The first-order valence-electron chi connectivity index (χ1n) is 9.60. The Kier molecular flexibility index (Phi) is 3.98. The predicted molar refractivity (Wildman–Crippen MR) is 111 cm³/mol. The van der Waals surface area contributed by atoms with Gasteiger partial charge in [-0.05, 0) is 49.4 Å². The van der Waals surface area contributed by atoms with E-state index >= 15 is 0 Å². The maximum atomic E-state index is 12.2. The number of hydrogen-bond acceptors (Lipinski definition) is 3. The second-order valence-electron chi connectivity index (χ2n) is 7.59. The fourth-order valence-electron chi connectivity index (χ4n) is 4.04. The van der Waals surface area contributed by atoms with Crippen LogP contribution in [0.5, 0.6) is 0 Å². The average Bonchev–Trinajstić information content (AvgIpc) is 3.45. The number of aliphatic imine (C=N–C) groups is 1. The molecule has 5 rings (SSSR count). The summed E-state index contributed by atoms with van der Waals surface area (Å²) in [4.78, 5) is 21.6. The molecular weight excluding hydrogens is 370 g/mol. The first-order valence-corrected chi connectivity index (χ1v) is 9.98. The zero-order valence-corrected chi connectivity index (χ0v) is 16.6. The number of nitrogens with zero attached hydrogens (tertiary/aromatic N) is 3. The minimum absolute atomic E-state index is 0.0480. The van der Waals surface area contributed by atoms with E-state index in [0.29, 0.717) is 16.6 Å². The van der Waals surface area contributed by atoms with Gasteiger partial charge in [-0.25, -0.2) is 4.98 Å². The molecule has 5 heteroatoms. The summed E-state index contributed by atoms with van der Waals surface area (Å²) in [6.07, 6.45) is 4.21. The Morgan fingerprint density at radius 2 is 1.93 bits per heavy atom. The van der Waals surface area contributed by atoms with Crippen LogP contribution < -0.4 is 0 Å². The minimum Gasteiger partial charge on any atom is -0.300 e. The van der Waals surface area contributed by atoms with Crippen molar-refractivity contribution in [3.8, 4) is 5.69 Å². The molecule has 1 aromatic heterocycles. The fourth-order valence-corrected chi connectivity index (χ4v) is 4.26. The lowest BCUT2D eigenvalue weighted by atomic mass is 9.97. The summed E-state index contributed by atoms with van der Waals surface area (Å²) in [7, 11) is 0. The highest BCUT2D eigenvalue weighted by molar-refractivity contribution is 6.35. The number of rotatable bonds is 3. The molecule has 0 saturated heterocycles. The molecule has 0 spiro atoms. The summed E-state index contributed by atoms with van der Waals surface area (Å²) in [5.41, 5.74) is 6.45. The van der Waals surface area contributed by atoms with Crippen molar-refractivity contribution in [2.45, 2.75) is 38.6 Å². The van der Waals surface area contributed by atoms with Crippen LogP contribution in [0.2, 0.25) is 5.02 Å². The van der Waals surface area contributed by atoms with E-state index in [1.807, 2.05) is 35.8 Å². The molecule has 0 N–H and O–H groups in total. The molecule has 28 heavy (non-hydrogen) atoms. The molecule has 1 aliphatic heterocycles. The van der Waals surface area contributed by atoms with Crippen LogP contribution in [0, 0.1) is 0 Å². The molecule has 0 radical (unpaired) electrons. The third kappa shape index (κ3) is 2.71. The van der Waals surface area contributed by atoms with Crippen molar-refractivity contribution in [2.24, 2.45) is 4.99 Å². The molecule has 2 aliphatic rings. The highest BCUT2D eigenvalue weighted by Crippen LogP contribution is 2.42. The van der Waals surface area contributed by atoms with Gasteiger partial charge in [-0.15, -0.1) is 0 Å². The van der Waals surface area contributed by atoms with Gasteiger partial charge in [0.25, 0.3) is 0 Å². The number of fused-ring (bicyclic) bond motifs is 3. The molecule has 0 bridgehead atoms. The van der Waals surface area contributed by atoms with E-state index in [1.54, 1.807) is 13.3 Å². The highest BCUT2D eigenvalue weighted by atomic mass is 35.5. The number of aromatic nitrogens is 2. The molecule has 1 fully saturated rings. The smallest absolute Gasteiger partial charge is 0.180 e. The number of hydrogen-bond donors (Lipinski definition) is 0. The van der Waals surface area contributed by atoms with Crippen molar-refractivity contribution >= 4 is 23.1 Å². The van der Waals surface area contributed by atoms with Crippen molar-refractivity contribution in [1.82, 2.24) is 9.55 Å². The van der Waals surface area contributed by atoms with Crippen LogP contribution in [0.1, 0.15) is 71.5 Å². The highest BCUT2D eigenvalue weighted by Gasteiger charge is 2.30. The normalized spacial score (nSPS) is 18.1. The average molecular weight is 390 g/mol. The Morgan fingerprint density at radius 1 is 1.14 bits per heavy atom. The summed E-state index contributed by atoms with van der Waals surface area (Å²) in [6.45, 7) is 3.56. The van der Waals surface area contributed by atoms with Gasteiger partial charge in [-0.3, -0.25) is 14.4 Å². The van der Waals surface area contributed by atoms with Crippen molar-refractivity contribution in [2.75, 3.05) is 0 Å². The molecule has 1 aliphatic carbocycles. The van der Waals surface area contributed by atoms with Crippen LogP contribution in [0.15, 0.2) is 53.8 Å². The number of carbonyl (C=O) groups excluding carboxylic acids is 1. The maximum absolute atomic E-state index is 12.2. The SMILES string of the molecule is CC(=O)c1ncn2c1[C@H](C)N=C(c1ccccc1Cl)c1cc(C3CC3)ccc1-2. The predicted octanol–water partition coefficient (Wildman–Crippen LogP) is 5.52. The van der Waals surface area contributed by atoms with Gasteiger partial charge in [0, 0.05) is 23.1 Å². The molecule has 3 aromatic rings. The van der Waals surface area contributed by atoms with Gasteiger partial charge in [-0.1, -0.05) is 35.9 Å². The molecule has 2 aromatic carbocycles. The number of imidazole rings is 1. The minimum atomic E-state index is -0.218. The van der Waals surface area contributed by atoms with E-state index in [4.69, 9.17) is 16.6 Å². The van der Waals surface area contributed by atoms with Crippen molar-refractivity contribution in [1.29, 1.82) is 0 Å². The topological polar surface area (TPSA) is 47.2 Å². The third-order valence-electron chi connectivity index (χ3n) is 5.57. The maximum Gasteiger partial charge on any atom is 0.180 e. The van der Waals surface area contributed by atoms with Crippen LogP contribution in [0.3, 0.4) is 0 Å². The quantitative estimate of drug-likeness (QED) is 0.554. The Bertz CT molecular complexity index is 1140. The Hall–Kier alpha value is -2.72. The first kappa shape index (κ1) is 17.4. The number of Topliss-reactive ketones (excluding diaryl/α,β-unsaturated/α-hetero) is 1. The van der Waals surface area contributed by atoms with Crippen molar-refractivity contribution in [3.63, 3.8) is 0 Å². The molecular formula is C23H20ClN3O. The summed E-state index contributed by atoms with van der Waals surface area (Å²) >= 11 is 6.55. The Balaban J connectivity index is 1.81. The van der Waals surface area contributed by atoms with E-state index in [-0.39, 0.29) is 11.8 Å². The van der Waals surface area contributed by atoms with Crippen LogP contribution in [-0.2, 0) is 0 Å². The lowest BCUT2D eigenvalue weighted by Gasteiger charge is -2.14. The van der Waals surface area contributed by atoms with E-state index in [1.165, 1.54) is 18.4 Å². The zero-order chi connectivity index (χ0) is 19.4. The number of benzene rings is 2. The van der Waals surface area contributed by atoms with Gasteiger partial charge < -0.3 is 0 Å². The molecule has 0 unspecified atom stereocenters. The molecule has 1 saturated carbocycles. The summed E-state index contributed by atoms with van der Waals surface area (Å²) in [5, 5.41) is 0.674. The number of ketones is 1. The van der Waals surface area contributed by atoms with Gasteiger partial charge in [-0.2, -0.15) is 0 Å². The van der Waals surface area contributed by atoms with Crippen molar-refractivity contribution in [3.05, 3.63) is 81.9 Å². The molecule has 4 nitrogen and oxygen atoms in total. The zero-order valence-electron chi connectivity index (χ0n) is 15.8. The molecule has 2 heterocycles. The van der Waals surface area contributed by atoms with E-state index < -0.39 is 0 Å². The Labute approximate surface area is 168 Å². The second-order valence-corrected chi connectivity index (χ2v) is 8.00. The molecule has 0 amide bonds. The lowest BCUT2D eigenvalue weighted by Crippen LogP contribution is -2.08. The standard InChI is InChI=1S/C23H20ClN3O/c1-13-23-21(14(2)28)25-12-27(23)20-10-9-16(15-7-8-15)11-18(20)22(26-13)17-5-3-4-6-19(17)24/h3-6,9-13,15H,7-8H2,1-2H3/t13-/m0/s1. The van der Waals surface area contributed by atoms with Gasteiger partial charge in [0.2, 0.25) is 0 Å². The largest absolute Gasteiger partial charge is 0.300 e. The van der Waals surface area contributed by atoms with Crippen LogP contribution in [0.25, 0.3) is 5.69 Å².